The molecule has 2 N–H and O–H groups in total. The van der Waals surface area contributed by atoms with E-state index in [0.29, 0.717) is 42.5 Å². The molecule has 1 aliphatic heterocycles. The Morgan fingerprint density at radius 3 is 2.67 bits per heavy atom. The Hall–Kier alpha value is -3.53. The molecule has 33 heavy (non-hydrogen) atoms. The van der Waals surface area contributed by atoms with Gasteiger partial charge in [0, 0.05) is 13.1 Å². The highest BCUT2D eigenvalue weighted by atomic mass is 16.5. The van der Waals surface area contributed by atoms with Crippen LogP contribution in [0.4, 0.5) is 0 Å². The number of rotatable bonds is 8. The zero-order chi connectivity index (χ0) is 23.4. The first-order chi connectivity index (χ1) is 16.0. The van der Waals surface area contributed by atoms with Crippen molar-refractivity contribution in [3.05, 3.63) is 64.7 Å². The summed E-state index contributed by atoms with van der Waals surface area (Å²) in [6.45, 7) is 7.66. The first kappa shape index (κ1) is 22.7. The summed E-state index contributed by atoms with van der Waals surface area (Å²) in [5.74, 6) is 0.0682. The summed E-state index contributed by atoms with van der Waals surface area (Å²) in [5, 5.41) is 17.7. The molecule has 2 amide bonds. The molecule has 1 aromatic carbocycles. The van der Waals surface area contributed by atoms with Crippen molar-refractivity contribution in [2.24, 2.45) is 0 Å². The van der Waals surface area contributed by atoms with Crippen molar-refractivity contribution in [1.82, 2.24) is 35.4 Å². The Morgan fingerprint density at radius 2 is 1.94 bits per heavy atom. The van der Waals surface area contributed by atoms with E-state index in [-0.39, 0.29) is 24.5 Å². The lowest BCUT2D eigenvalue weighted by Crippen LogP contribution is -2.32. The van der Waals surface area contributed by atoms with E-state index in [2.05, 4.69) is 26.2 Å². The number of nitrogens with one attached hydrogen (secondary N) is 2. The summed E-state index contributed by atoms with van der Waals surface area (Å²) >= 11 is 0. The van der Waals surface area contributed by atoms with Crippen molar-refractivity contribution >= 4 is 11.8 Å². The van der Waals surface area contributed by atoms with Crippen LogP contribution in [0.5, 0.6) is 0 Å². The fraction of sp³-hybridized carbons (Fsp3) is 0.435. The number of hydrogen-bond acceptors (Lipinski definition) is 6. The quantitative estimate of drug-likeness (QED) is 0.543. The number of carbonyl (C=O) groups is 2. The average molecular weight is 452 g/mol. The van der Waals surface area contributed by atoms with Gasteiger partial charge < -0.3 is 19.9 Å². The highest BCUT2D eigenvalue weighted by Gasteiger charge is 2.28. The summed E-state index contributed by atoms with van der Waals surface area (Å²) in [5.41, 5.74) is 2.63. The van der Waals surface area contributed by atoms with Gasteiger partial charge in [0.2, 0.25) is 0 Å². The minimum Gasteiger partial charge on any atom is -0.373 e. The van der Waals surface area contributed by atoms with Crippen LogP contribution in [0.25, 0.3) is 0 Å². The standard InChI is InChI=1S/C23H29N7O3/c1-4-18(16-9-7-6-8-10-16)25-22(31)17-13-19(29-11-12-33-14-20(17)29)23(32)24-15(3)21-26-27-28-30(21)5-2/h6-10,13,15,18H,4-5,11-12,14H2,1-3H3,(H,24,32)(H,25,31). The monoisotopic (exact) mass is 451 g/mol. The second-order valence-corrected chi connectivity index (χ2v) is 7.99. The summed E-state index contributed by atoms with van der Waals surface area (Å²) < 4.78 is 9.11. The van der Waals surface area contributed by atoms with E-state index in [1.807, 2.05) is 55.7 Å². The van der Waals surface area contributed by atoms with Gasteiger partial charge in [0.25, 0.3) is 11.8 Å². The molecule has 0 saturated heterocycles. The lowest BCUT2D eigenvalue weighted by molar-refractivity contribution is 0.0773. The molecule has 2 atom stereocenters. The number of aromatic nitrogens is 5. The molecule has 174 valence electrons. The molecule has 4 rings (SSSR count). The maximum absolute atomic E-state index is 13.2. The van der Waals surface area contributed by atoms with Crippen LogP contribution >= 0.6 is 0 Å². The Morgan fingerprint density at radius 1 is 1.15 bits per heavy atom. The Kier molecular flexibility index (Phi) is 6.83. The van der Waals surface area contributed by atoms with Gasteiger partial charge >= 0.3 is 0 Å². The highest BCUT2D eigenvalue weighted by molar-refractivity contribution is 6.01. The Labute approximate surface area is 192 Å². The number of aryl methyl sites for hydroxylation is 1. The van der Waals surface area contributed by atoms with Crippen LogP contribution in [0.15, 0.2) is 36.4 Å². The lowest BCUT2D eigenvalue weighted by atomic mass is 10.0. The van der Waals surface area contributed by atoms with Gasteiger partial charge in [0.1, 0.15) is 5.69 Å². The molecule has 1 aliphatic rings. The zero-order valence-electron chi connectivity index (χ0n) is 19.1. The molecule has 0 radical (unpaired) electrons. The van der Waals surface area contributed by atoms with E-state index in [1.165, 1.54) is 0 Å². The van der Waals surface area contributed by atoms with Gasteiger partial charge in [0.15, 0.2) is 5.82 Å². The summed E-state index contributed by atoms with van der Waals surface area (Å²) in [4.78, 5) is 26.4. The molecule has 0 saturated carbocycles. The maximum Gasteiger partial charge on any atom is 0.268 e. The smallest absolute Gasteiger partial charge is 0.268 e. The van der Waals surface area contributed by atoms with E-state index in [4.69, 9.17) is 4.74 Å². The van der Waals surface area contributed by atoms with Crippen molar-refractivity contribution in [1.29, 1.82) is 0 Å². The van der Waals surface area contributed by atoms with E-state index in [1.54, 1.807) is 10.7 Å². The molecule has 3 aromatic rings. The number of ether oxygens (including phenoxy) is 1. The number of benzene rings is 1. The predicted molar refractivity (Wildman–Crippen MR) is 120 cm³/mol. The minimum absolute atomic E-state index is 0.121. The van der Waals surface area contributed by atoms with Crippen LogP contribution in [-0.2, 0) is 24.4 Å². The fourth-order valence-corrected chi connectivity index (χ4v) is 4.13. The van der Waals surface area contributed by atoms with Crippen LogP contribution in [0.3, 0.4) is 0 Å². The first-order valence-electron chi connectivity index (χ1n) is 11.3. The number of hydrogen-bond donors (Lipinski definition) is 2. The van der Waals surface area contributed by atoms with Crippen LogP contribution < -0.4 is 10.6 Å². The van der Waals surface area contributed by atoms with Crippen molar-refractivity contribution in [2.75, 3.05) is 6.61 Å². The SMILES string of the molecule is CCC(NC(=O)c1cc(C(=O)NC(C)c2nnnn2CC)n2c1COCC2)c1ccccc1. The van der Waals surface area contributed by atoms with Gasteiger partial charge in [0.05, 0.1) is 36.6 Å². The van der Waals surface area contributed by atoms with Crippen molar-refractivity contribution in [2.45, 2.75) is 59.0 Å². The van der Waals surface area contributed by atoms with Gasteiger partial charge in [-0.25, -0.2) is 4.68 Å². The molecule has 0 bridgehead atoms. The Bertz CT molecular complexity index is 1120. The molecular weight excluding hydrogens is 422 g/mol. The number of amides is 2. The normalized spacial score (nSPS) is 14.9. The van der Waals surface area contributed by atoms with Crippen LogP contribution in [0.1, 0.15) is 77.2 Å². The zero-order valence-corrected chi connectivity index (χ0v) is 19.1. The van der Waals surface area contributed by atoms with Crippen LogP contribution in [0.2, 0.25) is 0 Å². The third-order valence-electron chi connectivity index (χ3n) is 5.89. The summed E-state index contributed by atoms with van der Waals surface area (Å²) in [6.07, 6.45) is 0.749. The number of tetrazole rings is 1. The molecule has 10 heteroatoms. The van der Waals surface area contributed by atoms with Crippen molar-refractivity contribution in [3.63, 3.8) is 0 Å². The van der Waals surface area contributed by atoms with Gasteiger partial charge in [-0.3, -0.25) is 9.59 Å². The van der Waals surface area contributed by atoms with Crippen molar-refractivity contribution < 1.29 is 14.3 Å². The maximum atomic E-state index is 13.2. The number of nitrogens with zero attached hydrogens (tertiary/aromatic N) is 5. The van der Waals surface area contributed by atoms with Gasteiger partial charge in [-0.2, -0.15) is 0 Å². The molecule has 3 heterocycles. The van der Waals surface area contributed by atoms with E-state index in [0.717, 1.165) is 12.0 Å². The molecule has 0 aliphatic carbocycles. The molecule has 2 unspecified atom stereocenters. The minimum atomic E-state index is -0.390. The topological polar surface area (TPSA) is 116 Å². The number of carbonyl (C=O) groups excluding carboxylic acids is 2. The fourth-order valence-electron chi connectivity index (χ4n) is 4.13. The lowest BCUT2D eigenvalue weighted by Gasteiger charge is -2.21. The third-order valence-corrected chi connectivity index (χ3v) is 5.89. The number of fused-ring (bicyclic) bond motifs is 1. The van der Waals surface area contributed by atoms with Gasteiger partial charge in [-0.1, -0.05) is 37.3 Å². The van der Waals surface area contributed by atoms with Crippen molar-refractivity contribution in [3.8, 4) is 0 Å². The second-order valence-electron chi connectivity index (χ2n) is 7.99. The first-order valence-corrected chi connectivity index (χ1v) is 11.3. The predicted octanol–water partition coefficient (Wildman–Crippen LogP) is 2.40. The van der Waals surface area contributed by atoms with Gasteiger partial charge in [-0.15, -0.1) is 5.10 Å². The molecule has 2 aromatic heterocycles. The molecule has 0 spiro atoms. The van der Waals surface area contributed by atoms with Gasteiger partial charge in [-0.05, 0) is 42.3 Å². The second kappa shape index (κ2) is 9.95. The van der Waals surface area contributed by atoms with E-state index < -0.39 is 6.04 Å². The average Bonchev–Trinajstić information content (AvgIpc) is 3.48. The summed E-state index contributed by atoms with van der Waals surface area (Å²) in [6, 6.07) is 11.0. The third kappa shape index (κ3) is 4.65. The molecule has 0 fully saturated rings. The summed E-state index contributed by atoms with van der Waals surface area (Å²) in [7, 11) is 0. The van der Waals surface area contributed by atoms with Crippen LogP contribution in [-0.4, -0.2) is 43.2 Å². The van der Waals surface area contributed by atoms with Crippen LogP contribution in [0, 0.1) is 0 Å². The largest absolute Gasteiger partial charge is 0.373 e. The van der Waals surface area contributed by atoms with E-state index in [9.17, 15) is 9.59 Å². The van der Waals surface area contributed by atoms with E-state index >= 15 is 0 Å². The molecular formula is C23H29N7O3. The molecule has 10 nitrogen and oxygen atoms in total. The highest BCUT2D eigenvalue weighted by Crippen LogP contribution is 2.24. The Balaban J connectivity index is 1.57.